The van der Waals surface area contributed by atoms with Gasteiger partial charge in [-0.25, -0.2) is 9.59 Å². The monoisotopic (exact) mass is 471 g/mol. The van der Waals surface area contributed by atoms with Crippen molar-refractivity contribution in [1.82, 2.24) is 5.32 Å². The van der Waals surface area contributed by atoms with Gasteiger partial charge in [0.1, 0.15) is 22.5 Å². The van der Waals surface area contributed by atoms with Gasteiger partial charge in [-0.2, -0.15) is 0 Å². The third-order valence-electron chi connectivity index (χ3n) is 4.74. The van der Waals surface area contributed by atoms with E-state index in [4.69, 9.17) is 13.9 Å². The molecule has 0 radical (unpaired) electrons. The van der Waals surface area contributed by atoms with Crippen LogP contribution in [0.4, 0.5) is 11.4 Å². The normalized spacial score (nSPS) is 10.6. The summed E-state index contributed by atoms with van der Waals surface area (Å²) in [5.74, 6) is -1.84. The summed E-state index contributed by atoms with van der Waals surface area (Å²) in [4.78, 5) is 57.6. The molecule has 3 aromatic rings. The van der Waals surface area contributed by atoms with E-state index in [1.54, 1.807) is 0 Å². The van der Waals surface area contributed by atoms with Crippen molar-refractivity contribution in [3.8, 4) is 5.75 Å². The number of nitro groups is 2. The van der Waals surface area contributed by atoms with Crippen LogP contribution in [0.25, 0.3) is 11.0 Å². The summed E-state index contributed by atoms with van der Waals surface area (Å²) in [5, 5.41) is 25.3. The summed E-state index contributed by atoms with van der Waals surface area (Å²) >= 11 is 0. The molecule has 0 spiro atoms. The van der Waals surface area contributed by atoms with Crippen molar-refractivity contribution in [3.63, 3.8) is 0 Å². The summed E-state index contributed by atoms with van der Waals surface area (Å²) in [6.45, 7) is 1.65. The molecule has 0 aliphatic heterocycles. The molecule has 13 nitrogen and oxygen atoms in total. The summed E-state index contributed by atoms with van der Waals surface area (Å²) in [6.07, 6.45) is 0. The predicted octanol–water partition coefficient (Wildman–Crippen LogP) is 2.51. The number of nitro benzene ring substituents is 2. The Hall–Kier alpha value is -4.65. The number of carbonyl (C=O) groups is 2. The average molecular weight is 471 g/mol. The maximum absolute atomic E-state index is 12.5. The summed E-state index contributed by atoms with van der Waals surface area (Å²) < 4.78 is 15.1. The molecule has 13 heteroatoms. The van der Waals surface area contributed by atoms with Gasteiger partial charge in [-0.1, -0.05) is 0 Å². The molecule has 1 amide bonds. The highest BCUT2D eigenvalue weighted by Crippen LogP contribution is 2.30. The molecule has 0 unspecified atom stereocenters. The van der Waals surface area contributed by atoms with E-state index in [0.717, 1.165) is 12.1 Å². The zero-order valence-electron chi connectivity index (χ0n) is 17.9. The van der Waals surface area contributed by atoms with Crippen LogP contribution in [-0.2, 0) is 4.74 Å². The summed E-state index contributed by atoms with van der Waals surface area (Å²) in [6, 6.07) is 7.02. The minimum Gasteiger partial charge on any atom is -0.423 e. The van der Waals surface area contributed by atoms with Crippen LogP contribution < -0.4 is 15.7 Å². The molecule has 1 aromatic heterocycles. The Bertz CT molecular complexity index is 1340. The molecule has 1 N–H and O–H groups in total. The molecule has 0 saturated carbocycles. The van der Waals surface area contributed by atoms with E-state index in [2.05, 4.69) is 5.32 Å². The fraction of sp³-hybridized carbons (Fsp3) is 0.190. The molecule has 34 heavy (non-hydrogen) atoms. The molecular weight excluding hydrogens is 454 g/mol. The number of rotatable bonds is 8. The minimum atomic E-state index is -1.10. The van der Waals surface area contributed by atoms with Gasteiger partial charge in [0.15, 0.2) is 0 Å². The van der Waals surface area contributed by atoms with E-state index in [9.17, 15) is 34.6 Å². The van der Waals surface area contributed by atoms with Crippen LogP contribution in [0, 0.1) is 27.2 Å². The quantitative estimate of drug-likeness (QED) is 0.128. The lowest BCUT2D eigenvalue weighted by Crippen LogP contribution is -2.30. The van der Waals surface area contributed by atoms with E-state index in [0.29, 0.717) is 5.39 Å². The number of hydrogen-bond acceptors (Lipinski definition) is 10. The largest absolute Gasteiger partial charge is 0.423 e. The number of fused-ring (bicyclic) bond motifs is 1. The van der Waals surface area contributed by atoms with Crippen LogP contribution in [0.3, 0.4) is 0 Å². The van der Waals surface area contributed by atoms with Gasteiger partial charge in [0.2, 0.25) is 0 Å². The molecular formula is C21H17N3O10. The Labute approximate surface area is 190 Å². The first-order valence-electron chi connectivity index (χ1n) is 9.63. The number of carbonyl (C=O) groups excluding carboxylic acids is 2. The molecule has 2 aromatic carbocycles. The first kappa shape index (κ1) is 24.0. The van der Waals surface area contributed by atoms with Crippen LogP contribution in [0.5, 0.6) is 5.75 Å². The van der Waals surface area contributed by atoms with Crippen molar-refractivity contribution in [2.24, 2.45) is 0 Å². The predicted molar refractivity (Wildman–Crippen MR) is 116 cm³/mol. The van der Waals surface area contributed by atoms with E-state index >= 15 is 0 Å². The fourth-order valence-corrected chi connectivity index (χ4v) is 3.02. The maximum atomic E-state index is 12.5. The van der Waals surface area contributed by atoms with Gasteiger partial charge in [0, 0.05) is 37.2 Å². The molecule has 176 valence electrons. The number of hydrogen-bond donors (Lipinski definition) is 1. The number of benzene rings is 2. The Morgan fingerprint density at radius 1 is 1.06 bits per heavy atom. The summed E-state index contributed by atoms with van der Waals surface area (Å²) in [5.41, 5.74) is -2.98. The minimum absolute atomic E-state index is 0.00427. The number of nitrogens with one attached hydrogen (secondary N) is 1. The number of nitrogens with zero attached hydrogens (tertiary/aromatic N) is 2. The SMILES string of the molecule is COCCNC(=O)c1cc2ccc(OC(=O)c3cc([N+](=O)[O-])c(C)c([N+](=O)[O-])c3)cc2oc1=O. The molecule has 0 bridgehead atoms. The van der Waals surface area contributed by atoms with Gasteiger partial charge in [-0.05, 0) is 25.1 Å². The van der Waals surface area contributed by atoms with Crippen molar-refractivity contribution in [2.45, 2.75) is 6.92 Å². The molecule has 0 aliphatic rings. The number of amides is 1. The summed E-state index contributed by atoms with van der Waals surface area (Å²) in [7, 11) is 1.46. The molecule has 0 fully saturated rings. The third kappa shape index (κ3) is 5.05. The Morgan fingerprint density at radius 2 is 1.71 bits per heavy atom. The Morgan fingerprint density at radius 3 is 2.29 bits per heavy atom. The van der Waals surface area contributed by atoms with Crippen molar-refractivity contribution in [2.75, 3.05) is 20.3 Å². The fourth-order valence-electron chi connectivity index (χ4n) is 3.02. The Balaban J connectivity index is 1.89. The number of methoxy groups -OCH3 is 1. The van der Waals surface area contributed by atoms with Crippen molar-refractivity contribution in [3.05, 3.63) is 83.7 Å². The second kappa shape index (κ2) is 9.87. The number of ether oxygens (including phenoxy) is 2. The lowest BCUT2D eigenvalue weighted by molar-refractivity contribution is -0.395. The van der Waals surface area contributed by atoms with Crippen LogP contribution in [0.1, 0.15) is 26.3 Å². The van der Waals surface area contributed by atoms with Gasteiger partial charge in [-0.15, -0.1) is 0 Å². The molecule has 0 aliphatic carbocycles. The highest BCUT2D eigenvalue weighted by molar-refractivity contribution is 5.97. The van der Waals surface area contributed by atoms with Gasteiger partial charge >= 0.3 is 11.6 Å². The molecule has 0 atom stereocenters. The van der Waals surface area contributed by atoms with Crippen LogP contribution in [0.15, 0.2) is 45.6 Å². The zero-order valence-corrected chi connectivity index (χ0v) is 17.9. The maximum Gasteiger partial charge on any atom is 0.349 e. The number of esters is 1. The smallest absolute Gasteiger partial charge is 0.349 e. The van der Waals surface area contributed by atoms with Gasteiger partial charge < -0.3 is 19.2 Å². The van der Waals surface area contributed by atoms with Crippen LogP contribution in [-0.4, -0.2) is 42.0 Å². The first-order chi connectivity index (χ1) is 16.1. The van der Waals surface area contributed by atoms with E-state index < -0.39 is 44.3 Å². The lowest BCUT2D eigenvalue weighted by atomic mass is 10.1. The van der Waals surface area contributed by atoms with E-state index in [1.807, 2.05) is 0 Å². The van der Waals surface area contributed by atoms with Crippen molar-refractivity contribution in [1.29, 1.82) is 0 Å². The van der Waals surface area contributed by atoms with E-state index in [1.165, 1.54) is 38.3 Å². The molecule has 1 heterocycles. The highest BCUT2D eigenvalue weighted by atomic mass is 16.6. The highest BCUT2D eigenvalue weighted by Gasteiger charge is 2.26. The van der Waals surface area contributed by atoms with Crippen LogP contribution >= 0.6 is 0 Å². The standard InChI is InChI=1S/C21H17N3O10/c1-11-16(23(28)29)8-13(9-17(11)24(30)31)20(26)33-14-4-3-12-7-15(19(25)22-5-6-32-2)21(27)34-18(12)10-14/h3-4,7-10H,5-6H2,1-2H3,(H,22,25). The molecule has 0 saturated heterocycles. The van der Waals surface area contributed by atoms with Crippen molar-refractivity contribution < 1.29 is 33.3 Å². The average Bonchev–Trinajstić information content (AvgIpc) is 2.78. The third-order valence-corrected chi connectivity index (χ3v) is 4.74. The lowest BCUT2D eigenvalue weighted by Gasteiger charge is -2.08. The Kier molecular flexibility index (Phi) is 6.97. The second-order valence-electron chi connectivity index (χ2n) is 6.94. The van der Waals surface area contributed by atoms with Crippen LogP contribution in [0.2, 0.25) is 0 Å². The second-order valence-corrected chi connectivity index (χ2v) is 6.94. The van der Waals surface area contributed by atoms with E-state index in [-0.39, 0.29) is 35.6 Å². The first-order valence-corrected chi connectivity index (χ1v) is 9.63. The topological polar surface area (TPSA) is 181 Å². The van der Waals surface area contributed by atoms with Gasteiger partial charge in [-0.3, -0.25) is 25.0 Å². The van der Waals surface area contributed by atoms with Gasteiger partial charge in [0.25, 0.3) is 17.3 Å². The zero-order chi connectivity index (χ0) is 25.0. The molecule has 3 rings (SSSR count). The van der Waals surface area contributed by atoms with Gasteiger partial charge in [0.05, 0.1) is 22.0 Å². The van der Waals surface area contributed by atoms with Crippen molar-refractivity contribution >= 4 is 34.2 Å².